The van der Waals surface area contributed by atoms with Gasteiger partial charge in [0.1, 0.15) is 5.71 Å². The van der Waals surface area contributed by atoms with Crippen LogP contribution in [-0.2, 0) is 16.1 Å². The summed E-state index contributed by atoms with van der Waals surface area (Å²) in [5, 5.41) is 16.7. The van der Waals surface area contributed by atoms with Crippen LogP contribution in [-0.4, -0.2) is 29.8 Å². The second kappa shape index (κ2) is 9.83. The smallest absolute Gasteiger partial charge is 0.356 e. The molecule has 3 aromatic rings. The molecule has 0 bridgehead atoms. The monoisotopic (exact) mass is 403 g/mol. The number of hydrogen-bond acceptors (Lipinski definition) is 6. The molecule has 0 radical (unpaired) electrons. The lowest BCUT2D eigenvalue weighted by Gasteiger charge is -2.13. The molecule has 0 spiro atoms. The van der Waals surface area contributed by atoms with Crippen molar-refractivity contribution >= 4 is 34.8 Å². The lowest BCUT2D eigenvalue weighted by Crippen LogP contribution is -2.28. The number of para-hydroxylation sites is 1. The minimum atomic E-state index is -0.707. The summed E-state index contributed by atoms with van der Waals surface area (Å²) < 4.78 is 4.63. The predicted molar refractivity (Wildman–Crippen MR) is 115 cm³/mol. The number of carbonyl (C=O) groups excluding carboxylic acids is 2. The topological polar surface area (TPSA) is 116 Å². The fourth-order valence-corrected chi connectivity index (χ4v) is 2.67. The number of nitrogens with zero attached hydrogens (tertiary/aromatic N) is 1. The van der Waals surface area contributed by atoms with E-state index in [2.05, 4.69) is 25.7 Å². The van der Waals surface area contributed by atoms with Crippen molar-refractivity contribution in [2.24, 2.45) is 0 Å². The van der Waals surface area contributed by atoms with Crippen molar-refractivity contribution in [1.29, 1.82) is 5.41 Å². The SMILES string of the molecule is COC(=O)C(=N)c1ccccc1Nc1ccc(NC(=O)NCc2cccnc2)cc1. The van der Waals surface area contributed by atoms with E-state index >= 15 is 0 Å². The summed E-state index contributed by atoms with van der Waals surface area (Å²) in [5.74, 6) is -0.707. The molecule has 0 aliphatic rings. The van der Waals surface area contributed by atoms with Gasteiger partial charge in [0, 0.05) is 41.6 Å². The number of amides is 2. The van der Waals surface area contributed by atoms with Gasteiger partial charge in [-0.15, -0.1) is 0 Å². The second-order valence-corrected chi connectivity index (χ2v) is 6.28. The molecule has 0 fully saturated rings. The first kappa shape index (κ1) is 20.5. The van der Waals surface area contributed by atoms with Crippen molar-refractivity contribution in [3.8, 4) is 0 Å². The number of carbonyl (C=O) groups is 2. The van der Waals surface area contributed by atoms with Crippen LogP contribution in [0.25, 0.3) is 0 Å². The third-order valence-electron chi connectivity index (χ3n) is 4.18. The van der Waals surface area contributed by atoms with Crippen LogP contribution < -0.4 is 16.0 Å². The molecule has 4 N–H and O–H groups in total. The van der Waals surface area contributed by atoms with E-state index in [9.17, 15) is 9.59 Å². The van der Waals surface area contributed by atoms with E-state index in [1.54, 1.807) is 60.9 Å². The average molecular weight is 403 g/mol. The summed E-state index contributed by atoms with van der Waals surface area (Å²) in [4.78, 5) is 27.7. The van der Waals surface area contributed by atoms with E-state index in [1.165, 1.54) is 7.11 Å². The van der Waals surface area contributed by atoms with Gasteiger partial charge in [0.15, 0.2) is 0 Å². The van der Waals surface area contributed by atoms with Crippen LogP contribution in [0, 0.1) is 5.41 Å². The Morgan fingerprint density at radius 1 is 1.00 bits per heavy atom. The Labute approximate surface area is 173 Å². The number of rotatable bonds is 7. The third-order valence-corrected chi connectivity index (χ3v) is 4.18. The lowest BCUT2D eigenvalue weighted by molar-refractivity contribution is -0.132. The molecule has 0 atom stereocenters. The average Bonchev–Trinajstić information content (AvgIpc) is 2.79. The summed E-state index contributed by atoms with van der Waals surface area (Å²) in [6.07, 6.45) is 3.37. The lowest BCUT2D eigenvalue weighted by atomic mass is 10.1. The van der Waals surface area contributed by atoms with Crippen molar-refractivity contribution in [1.82, 2.24) is 10.3 Å². The Morgan fingerprint density at radius 3 is 2.43 bits per heavy atom. The maximum Gasteiger partial charge on any atom is 0.356 e. The highest BCUT2D eigenvalue weighted by Gasteiger charge is 2.15. The van der Waals surface area contributed by atoms with E-state index in [4.69, 9.17) is 5.41 Å². The fraction of sp³-hybridized carbons (Fsp3) is 0.0909. The van der Waals surface area contributed by atoms with Crippen molar-refractivity contribution in [2.45, 2.75) is 6.54 Å². The third kappa shape index (κ3) is 5.41. The number of hydrogen-bond donors (Lipinski definition) is 4. The molecule has 0 saturated carbocycles. The van der Waals surface area contributed by atoms with Crippen LogP contribution in [0.4, 0.5) is 21.9 Å². The molecule has 8 nitrogen and oxygen atoms in total. The highest BCUT2D eigenvalue weighted by molar-refractivity contribution is 6.43. The molecule has 0 saturated heterocycles. The number of ether oxygens (including phenoxy) is 1. The molecule has 152 valence electrons. The van der Waals surface area contributed by atoms with E-state index in [-0.39, 0.29) is 11.7 Å². The molecule has 0 aliphatic heterocycles. The summed E-state index contributed by atoms with van der Waals surface area (Å²) in [7, 11) is 1.24. The van der Waals surface area contributed by atoms with Crippen LogP contribution >= 0.6 is 0 Å². The Morgan fingerprint density at radius 2 is 1.73 bits per heavy atom. The van der Waals surface area contributed by atoms with Crippen LogP contribution in [0.1, 0.15) is 11.1 Å². The molecule has 2 aromatic carbocycles. The van der Waals surface area contributed by atoms with Gasteiger partial charge in [-0.3, -0.25) is 10.4 Å². The highest BCUT2D eigenvalue weighted by Crippen LogP contribution is 2.23. The first-order valence-corrected chi connectivity index (χ1v) is 9.14. The van der Waals surface area contributed by atoms with Gasteiger partial charge in [0.25, 0.3) is 0 Å². The number of urea groups is 1. The highest BCUT2D eigenvalue weighted by atomic mass is 16.5. The number of aromatic nitrogens is 1. The standard InChI is InChI=1S/C22H21N5O3/c1-30-21(28)20(23)18-6-2-3-7-19(18)26-16-8-10-17(11-9-16)27-22(29)25-14-15-5-4-12-24-13-15/h2-13,23,26H,14H2,1H3,(H2,25,27,29). The van der Waals surface area contributed by atoms with Crippen LogP contribution in [0.2, 0.25) is 0 Å². The molecule has 0 aliphatic carbocycles. The van der Waals surface area contributed by atoms with Crippen molar-refractivity contribution < 1.29 is 14.3 Å². The molecule has 1 heterocycles. The maximum atomic E-state index is 12.0. The Bertz CT molecular complexity index is 1040. The van der Waals surface area contributed by atoms with Gasteiger partial charge >= 0.3 is 12.0 Å². The van der Waals surface area contributed by atoms with Gasteiger partial charge in [0.05, 0.1) is 7.11 Å². The van der Waals surface area contributed by atoms with E-state index in [0.29, 0.717) is 23.5 Å². The second-order valence-electron chi connectivity index (χ2n) is 6.28. The van der Waals surface area contributed by atoms with Crippen molar-refractivity contribution in [3.63, 3.8) is 0 Å². The summed E-state index contributed by atoms with van der Waals surface area (Å²) in [6, 6.07) is 17.4. The Hall–Kier alpha value is -4.20. The predicted octanol–water partition coefficient (Wildman–Crippen LogP) is 3.69. The Kier molecular flexibility index (Phi) is 6.73. The molecule has 1 aromatic heterocycles. The number of pyridine rings is 1. The van der Waals surface area contributed by atoms with Gasteiger partial charge < -0.3 is 20.7 Å². The number of anilines is 3. The molecule has 3 rings (SSSR count). The fourth-order valence-electron chi connectivity index (χ4n) is 2.67. The zero-order valence-corrected chi connectivity index (χ0v) is 16.3. The van der Waals surface area contributed by atoms with E-state index in [0.717, 1.165) is 11.3 Å². The molecule has 2 amide bonds. The molecular formula is C22H21N5O3. The molecule has 0 unspecified atom stereocenters. The first-order chi connectivity index (χ1) is 14.6. The number of benzene rings is 2. The van der Waals surface area contributed by atoms with Crippen molar-refractivity contribution in [3.05, 3.63) is 84.2 Å². The summed E-state index contributed by atoms with van der Waals surface area (Å²) in [6.45, 7) is 0.377. The summed E-state index contributed by atoms with van der Waals surface area (Å²) >= 11 is 0. The molecular weight excluding hydrogens is 382 g/mol. The van der Waals surface area contributed by atoms with Crippen molar-refractivity contribution in [2.75, 3.05) is 17.7 Å². The first-order valence-electron chi connectivity index (χ1n) is 9.14. The van der Waals surface area contributed by atoms with Gasteiger partial charge in [-0.1, -0.05) is 24.3 Å². The van der Waals surface area contributed by atoms with Gasteiger partial charge in [-0.25, -0.2) is 9.59 Å². The quantitative estimate of drug-likeness (QED) is 0.355. The van der Waals surface area contributed by atoms with Crippen LogP contribution in [0.5, 0.6) is 0 Å². The Balaban J connectivity index is 1.61. The molecule has 8 heteroatoms. The van der Waals surface area contributed by atoms with Gasteiger partial charge in [-0.2, -0.15) is 0 Å². The zero-order chi connectivity index (χ0) is 21.3. The van der Waals surface area contributed by atoms with Crippen LogP contribution in [0.3, 0.4) is 0 Å². The minimum Gasteiger partial charge on any atom is -0.464 e. The normalized spacial score (nSPS) is 10.0. The number of nitrogens with one attached hydrogen (secondary N) is 4. The minimum absolute atomic E-state index is 0.232. The number of methoxy groups -OCH3 is 1. The number of esters is 1. The largest absolute Gasteiger partial charge is 0.464 e. The van der Waals surface area contributed by atoms with Gasteiger partial charge in [-0.05, 0) is 42.0 Å². The maximum absolute atomic E-state index is 12.0. The van der Waals surface area contributed by atoms with E-state index in [1.807, 2.05) is 12.1 Å². The zero-order valence-electron chi connectivity index (χ0n) is 16.3. The van der Waals surface area contributed by atoms with Gasteiger partial charge in [0.2, 0.25) is 0 Å². The van der Waals surface area contributed by atoms with Crippen LogP contribution in [0.15, 0.2) is 73.1 Å². The summed E-state index contributed by atoms with van der Waals surface area (Å²) in [5.41, 5.74) is 3.07. The molecule has 30 heavy (non-hydrogen) atoms. The van der Waals surface area contributed by atoms with E-state index < -0.39 is 5.97 Å².